The highest BCUT2D eigenvalue weighted by Gasteiger charge is 2.16. The minimum atomic E-state index is -0.586. The fourth-order valence-electron chi connectivity index (χ4n) is 2.70. The number of nitrogens with zero attached hydrogens (tertiary/aromatic N) is 2. The molecule has 0 saturated carbocycles. The number of nitrogens with one attached hydrogen (secondary N) is 2. The number of carbonyl (C=O) groups is 2. The normalized spacial score (nSPS) is 10.7. The average Bonchev–Trinajstić information content (AvgIpc) is 2.69. The number of benzene rings is 2. The van der Waals surface area contributed by atoms with Gasteiger partial charge in [-0.3, -0.25) is 25.2 Å². The summed E-state index contributed by atoms with van der Waals surface area (Å²) in [7, 11) is 1.48. The number of aromatic nitrogens is 2. The van der Waals surface area contributed by atoms with E-state index in [1.807, 2.05) is 32.0 Å². The van der Waals surface area contributed by atoms with E-state index >= 15 is 0 Å². The van der Waals surface area contributed by atoms with E-state index in [1.54, 1.807) is 24.3 Å². The first kappa shape index (κ1) is 19.6. The summed E-state index contributed by atoms with van der Waals surface area (Å²) in [5.74, 6) is -0.767. The Kier molecular flexibility index (Phi) is 5.79. The van der Waals surface area contributed by atoms with Gasteiger partial charge < -0.3 is 0 Å². The molecule has 0 spiro atoms. The lowest BCUT2D eigenvalue weighted by molar-refractivity contribution is -0.119. The lowest BCUT2D eigenvalue weighted by Crippen LogP contribution is -2.43. The maximum Gasteiger partial charge on any atom is 0.290 e. The Bertz CT molecular complexity index is 1120. The molecule has 144 valence electrons. The number of hydrazine groups is 1. The molecule has 1 heterocycles. The van der Waals surface area contributed by atoms with Gasteiger partial charge in [-0.15, -0.1) is 11.8 Å². The molecule has 3 rings (SSSR count). The van der Waals surface area contributed by atoms with Crippen molar-refractivity contribution in [3.8, 4) is 0 Å². The van der Waals surface area contributed by atoms with E-state index in [-0.39, 0.29) is 22.9 Å². The molecule has 2 amide bonds. The third-order valence-electron chi connectivity index (χ3n) is 4.19. The standard InChI is InChI=1S/C20H20N4O3S/c1-12-8-9-13(2)16(10-12)28-11-17(25)21-22-19(26)18-14-6-4-5-7-15(14)20(27)24(3)23-18/h4-10H,11H2,1-3H3,(H,21,25)(H,22,26). The Morgan fingerprint density at radius 2 is 1.79 bits per heavy atom. The maximum atomic E-state index is 12.5. The average molecular weight is 396 g/mol. The molecule has 8 heteroatoms. The number of thioether (sulfide) groups is 1. The monoisotopic (exact) mass is 396 g/mol. The highest BCUT2D eigenvalue weighted by atomic mass is 32.2. The smallest absolute Gasteiger partial charge is 0.272 e. The summed E-state index contributed by atoms with van der Waals surface area (Å²) in [6.45, 7) is 3.98. The van der Waals surface area contributed by atoms with Crippen LogP contribution in [0.5, 0.6) is 0 Å². The van der Waals surface area contributed by atoms with Crippen LogP contribution in [0.25, 0.3) is 10.8 Å². The molecule has 0 aliphatic rings. The van der Waals surface area contributed by atoms with Crippen LogP contribution >= 0.6 is 11.8 Å². The van der Waals surface area contributed by atoms with Crippen LogP contribution in [0.1, 0.15) is 21.6 Å². The number of rotatable bonds is 4. The number of aryl methyl sites for hydroxylation is 3. The van der Waals surface area contributed by atoms with Crippen molar-refractivity contribution in [2.75, 3.05) is 5.75 Å². The lowest BCUT2D eigenvalue weighted by Gasteiger charge is -2.10. The second-order valence-electron chi connectivity index (χ2n) is 6.38. The minimum Gasteiger partial charge on any atom is -0.272 e. The van der Waals surface area contributed by atoms with Gasteiger partial charge >= 0.3 is 0 Å². The Morgan fingerprint density at radius 1 is 1.07 bits per heavy atom. The number of hydrogen-bond acceptors (Lipinski definition) is 5. The van der Waals surface area contributed by atoms with Crippen molar-refractivity contribution in [1.82, 2.24) is 20.6 Å². The molecule has 7 nitrogen and oxygen atoms in total. The van der Waals surface area contributed by atoms with Crippen LogP contribution < -0.4 is 16.4 Å². The summed E-state index contributed by atoms with van der Waals surface area (Å²) in [4.78, 5) is 37.8. The number of carbonyl (C=O) groups excluding carboxylic acids is 2. The molecule has 1 aromatic heterocycles. The van der Waals surface area contributed by atoms with E-state index in [4.69, 9.17) is 0 Å². The first-order valence-corrected chi connectivity index (χ1v) is 9.60. The Labute approximate surface area is 166 Å². The predicted molar refractivity (Wildman–Crippen MR) is 109 cm³/mol. The van der Waals surface area contributed by atoms with Gasteiger partial charge in [-0.1, -0.05) is 35.9 Å². The van der Waals surface area contributed by atoms with Gasteiger partial charge in [-0.2, -0.15) is 5.10 Å². The van der Waals surface area contributed by atoms with Gasteiger partial charge in [-0.05, 0) is 31.5 Å². The first-order chi connectivity index (χ1) is 13.4. The molecule has 2 N–H and O–H groups in total. The molecule has 0 fully saturated rings. The van der Waals surface area contributed by atoms with E-state index in [9.17, 15) is 14.4 Å². The SMILES string of the molecule is Cc1ccc(C)c(SCC(=O)NNC(=O)c2nn(C)c(=O)c3ccccc23)c1. The topological polar surface area (TPSA) is 93.1 Å². The summed E-state index contributed by atoms with van der Waals surface area (Å²) in [6.07, 6.45) is 0. The number of fused-ring (bicyclic) bond motifs is 1. The molecule has 2 aromatic carbocycles. The quantitative estimate of drug-likeness (QED) is 0.520. The summed E-state index contributed by atoms with van der Waals surface area (Å²) in [5.41, 5.74) is 6.76. The van der Waals surface area contributed by atoms with Crippen molar-refractivity contribution >= 4 is 34.3 Å². The first-order valence-electron chi connectivity index (χ1n) is 8.62. The van der Waals surface area contributed by atoms with Crippen LogP contribution in [0.15, 0.2) is 52.2 Å². The van der Waals surface area contributed by atoms with Crippen LogP contribution in [0, 0.1) is 13.8 Å². The summed E-state index contributed by atoms with van der Waals surface area (Å²) in [5, 5.41) is 4.85. The molecule has 0 atom stereocenters. The predicted octanol–water partition coefficient (Wildman–Crippen LogP) is 2.10. The van der Waals surface area contributed by atoms with Crippen LogP contribution in [-0.2, 0) is 11.8 Å². The maximum absolute atomic E-state index is 12.5. The molecular formula is C20H20N4O3S. The molecule has 0 radical (unpaired) electrons. The second kappa shape index (κ2) is 8.26. The molecular weight excluding hydrogens is 376 g/mol. The third kappa shape index (κ3) is 4.23. The van der Waals surface area contributed by atoms with Gasteiger partial charge in [0, 0.05) is 17.3 Å². The van der Waals surface area contributed by atoms with Crippen molar-refractivity contribution < 1.29 is 9.59 Å². The number of amides is 2. The molecule has 0 saturated heterocycles. The van der Waals surface area contributed by atoms with Gasteiger partial charge in [-0.25, -0.2) is 4.68 Å². The van der Waals surface area contributed by atoms with Gasteiger partial charge in [0.15, 0.2) is 5.69 Å². The van der Waals surface area contributed by atoms with Gasteiger partial charge in [0.05, 0.1) is 11.1 Å². The van der Waals surface area contributed by atoms with Gasteiger partial charge in [0.25, 0.3) is 11.5 Å². The Hall–Kier alpha value is -3.13. The molecule has 0 aliphatic heterocycles. The summed E-state index contributed by atoms with van der Waals surface area (Å²) >= 11 is 1.40. The van der Waals surface area contributed by atoms with Crippen molar-refractivity contribution in [1.29, 1.82) is 0 Å². The fraction of sp³-hybridized carbons (Fsp3) is 0.200. The lowest BCUT2D eigenvalue weighted by atomic mass is 10.1. The van der Waals surface area contributed by atoms with E-state index in [1.165, 1.54) is 18.8 Å². The molecule has 0 aliphatic carbocycles. The molecule has 0 unspecified atom stereocenters. The zero-order chi connectivity index (χ0) is 20.3. The Morgan fingerprint density at radius 3 is 2.54 bits per heavy atom. The van der Waals surface area contributed by atoms with Crippen molar-refractivity contribution in [3.63, 3.8) is 0 Å². The van der Waals surface area contributed by atoms with E-state index < -0.39 is 5.91 Å². The van der Waals surface area contributed by atoms with Crippen molar-refractivity contribution in [3.05, 3.63) is 69.6 Å². The molecule has 0 bridgehead atoms. The summed E-state index contributed by atoms with van der Waals surface area (Å²) in [6, 6.07) is 12.8. The van der Waals surface area contributed by atoms with E-state index in [2.05, 4.69) is 16.0 Å². The van der Waals surface area contributed by atoms with E-state index in [0.717, 1.165) is 20.7 Å². The molecule has 28 heavy (non-hydrogen) atoms. The number of hydrogen-bond donors (Lipinski definition) is 2. The van der Waals surface area contributed by atoms with Crippen LogP contribution in [0.2, 0.25) is 0 Å². The van der Waals surface area contributed by atoms with Crippen LogP contribution in [-0.4, -0.2) is 27.3 Å². The van der Waals surface area contributed by atoms with Crippen LogP contribution in [0.4, 0.5) is 0 Å². The third-order valence-corrected chi connectivity index (χ3v) is 5.35. The second-order valence-corrected chi connectivity index (χ2v) is 7.40. The Balaban J connectivity index is 1.67. The molecule has 3 aromatic rings. The van der Waals surface area contributed by atoms with E-state index in [0.29, 0.717) is 10.8 Å². The van der Waals surface area contributed by atoms with Crippen LogP contribution in [0.3, 0.4) is 0 Å². The van der Waals surface area contributed by atoms with Gasteiger partial charge in [0.1, 0.15) is 0 Å². The zero-order valence-electron chi connectivity index (χ0n) is 15.8. The van der Waals surface area contributed by atoms with Crippen molar-refractivity contribution in [2.24, 2.45) is 7.05 Å². The van der Waals surface area contributed by atoms with Gasteiger partial charge in [0.2, 0.25) is 5.91 Å². The highest BCUT2D eigenvalue weighted by Crippen LogP contribution is 2.23. The highest BCUT2D eigenvalue weighted by molar-refractivity contribution is 8.00. The minimum absolute atomic E-state index is 0.0696. The fourth-order valence-corrected chi connectivity index (χ4v) is 3.62. The van der Waals surface area contributed by atoms with Crippen molar-refractivity contribution in [2.45, 2.75) is 18.7 Å². The largest absolute Gasteiger partial charge is 0.290 e. The zero-order valence-corrected chi connectivity index (χ0v) is 16.6. The summed E-state index contributed by atoms with van der Waals surface area (Å²) < 4.78 is 1.11.